The van der Waals surface area contributed by atoms with Crippen LogP contribution in [0.5, 0.6) is 5.75 Å². The van der Waals surface area contributed by atoms with E-state index < -0.39 is 151 Å². The summed E-state index contributed by atoms with van der Waals surface area (Å²) in [4.78, 5) is 173. The summed E-state index contributed by atoms with van der Waals surface area (Å²) < 4.78 is 0. The summed E-state index contributed by atoms with van der Waals surface area (Å²) in [6, 6.07) is -5.57. The number of guanidine groups is 2. The number of carbonyl (C=O) groups excluding carboxylic acids is 11. The van der Waals surface area contributed by atoms with Crippen molar-refractivity contribution in [2.24, 2.45) is 62.0 Å². The highest BCUT2D eigenvalue weighted by Gasteiger charge is 2.42. The van der Waals surface area contributed by atoms with Gasteiger partial charge in [-0.2, -0.15) is 0 Å². The third kappa shape index (κ3) is 26.1. The molecule has 10 atom stereocenters. The molecule has 33 heteroatoms. The predicted octanol–water partition coefficient (Wildman–Crippen LogP) is -5.33. The quantitative estimate of drug-likeness (QED) is 0.0166. The second kappa shape index (κ2) is 38.5. The molecule has 2 aliphatic heterocycles. The number of likely N-dealkylation sites (tertiary alicyclic amines) is 2. The SMILES string of the molecule is CC[C@H](C)[C@H](NC(=O)[C@H](CCCN=C(N)N)NC(=O)[C@H](CCCN=C(N)N)NC(=O)[C@H](CC(C)C)NC(=O)[C@@H]1CCCN1C(=O)CNC(=O)CNC(=O)[C@@H](N)Cc1ccc(O)cc1)C(=O)N[C@@H](CC(=O)O)C(=O)N1CCC[C@H]1C(=O)N[C@@H](CCCCN)C(N)=O. The number of primary amides is 1. The molecule has 0 bridgehead atoms. The van der Waals surface area contributed by atoms with Gasteiger partial charge in [-0.3, -0.25) is 67.5 Å². The molecule has 90 heavy (non-hydrogen) atoms. The zero-order valence-corrected chi connectivity index (χ0v) is 51.8. The van der Waals surface area contributed by atoms with Crippen LogP contribution in [-0.2, 0) is 64.0 Å². The Hall–Kier alpha value is -8.88. The van der Waals surface area contributed by atoms with E-state index in [4.69, 9.17) is 40.1 Å². The van der Waals surface area contributed by atoms with Crippen molar-refractivity contribution < 1.29 is 67.7 Å². The second-order valence-electron chi connectivity index (χ2n) is 22.9. The van der Waals surface area contributed by atoms with Gasteiger partial charge in [0.25, 0.3) is 0 Å². The monoisotopic (exact) mass is 1270 g/mol. The van der Waals surface area contributed by atoms with E-state index in [1.807, 2.05) is 0 Å². The van der Waals surface area contributed by atoms with Crippen molar-refractivity contribution in [1.82, 2.24) is 52.3 Å². The molecule has 2 fully saturated rings. The summed E-state index contributed by atoms with van der Waals surface area (Å²) in [6.45, 7) is 6.34. The normalized spacial score (nSPS) is 17.1. The van der Waals surface area contributed by atoms with Crippen LogP contribution in [0.2, 0.25) is 0 Å². The number of nitrogens with two attached hydrogens (primary N) is 7. The van der Waals surface area contributed by atoms with Gasteiger partial charge >= 0.3 is 5.97 Å². The zero-order chi connectivity index (χ0) is 67.2. The number of aliphatic carboxylic acids is 1. The van der Waals surface area contributed by atoms with Gasteiger partial charge in [0.15, 0.2) is 11.9 Å². The molecule has 502 valence electrons. The Morgan fingerprint density at radius 2 is 1.12 bits per heavy atom. The summed E-state index contributed by atoms with van der Waals surface area (Å²) in [6.07, 6.45) is 1.73. The Kier molecular flexibility index (Phi) is 32.3. The lowest BCUT2D eigenvalue weighted by atomic mass is 9.96. The molecule has 11 amide bonds. The molecule has 24 N–H and O–H groups in total. The molecule has 33 nitrogen and oxygen atoms in total. The first-order chi connectivity index (χ1) is 42.6. The molecule has 0 unspecified atom stereocenters. The van der Waals surface area contributed by atoms with Crippen LogP contribution < -0.4 is 82.7 Å². The zero-order valence-electron chi connectivity index (χ0n) is 51.8. The summed E-state index contributed by atoms with van der Waals surface area (Å²) in [7, 11) is 0. The molecule has 0 aromatic heterocycles. The molecule has 2 heterocycles. The maximum atomic E-state index is 14.5. The van der Waals surface area contributed by atoms with E-state index in [1.54, 1.807) is 39.8 Å². The van der Waals surface area contributed by atoms with E-state index in [9.17, 15) is 67.7 Å². The fourth-order valence-electron chi connectivity index (χ4n) is 10.2. The predicted molar refractivity (Wildman–Crippen MR) is 330 cm³/mol. The molecule has 0 radical (unpaired) electrons. The maximum absolute atomic E-state index is 14.5. The Bertz CT molecular complexity index is 2690. The first-order valence-corrected chi connectivity index (χ1v) is 30.4. The van der Waals surface area contributed by atoms with Gasteiger partial charge in [-0.05, 0) is 120 Å². The van der Waals surface area contributed by atoms with Gasteiger partial charge in [0.05, 0.1) is 25.6 Å². The van der Waals surface area contributed by atoms with Crippen molar-refractivity contribution in [1.29, 1.82) is 0 Å². The topological polar surface area (TPSA) is 555 Å². The van der Waals surface area contributed by atoms with Crippen molar-refractivity contribution in [2.75, 3.05) is 45.8 Å². The number of carboxylic acid groups (broad SMARTS) is 1. The molecule has 1 aromatic carbocycles. The van der Waals surface area contributed by atoms with Gasteiger partial charge in [-0.15, -0.1) is 0 Å². The number of nitrogens with one attached hydrogen (secondary N) is 8. The maximum Gasteiger partial charge on any atom is 0.305 e. The number of phenolic OH excluding ortho intramolecular Hbond substituents is 1. The highest BCUT2D eigenvalue weighted by Crippen LogP contribution is 2.22. The largest absolute Gasteiger partial charge is 0.508 e. The fraction of sp³-hybridized carbons (Fsp3) is 0.649. The first kappa shape index (κ1) is 75.4. The molecule has 1 aromatic rings. The number of rotatable bonds is 39. The number of aliphatic imine (C=N–C) groups is 2. The number of carbonyl (C=O) groups is 12. The molecule has 3 rings (SSSR count). The van der Waals surface area contributed by atoms with Gasteiger partial charge in [-0.1, -0.05) is 46.2 Å². The number of nitrogens with zero attached hydrogens (tertiary/aromatic N) is 4. The Balaban J connectivity index is 1.83. The van der Waals surface area contributed by atoms with E-state index in [2.05, 4.69) is 52.5 Å². The molecular weight excluding hydrogens is 1170 g/mol. The molecular formula is C57H95N19O14. The van der Waals surface area contributed by atoms with Crippen molar-refractivity contribution in [2.45, 2.75) is 178 Å². The highest BCUT2D eigenvalue weighted by molar-refractivity contribution is 5.99. The van der Waals surface area contributed by atoms with Crippen LogP contribution in [0.3, 0.4) is 0 Å². The summed E-state index contributed by atoms with van der Waals surface area (Å²) >= 11 is 0. The van der Waals surface area contributed by atoms with Crippen LogP contribution in [0.1, 0.15) is 123 Å². The number of amides is 11. The standard InChI is InChI=1S/C57H95N19O14/c1-5-32(4)46(54(89)73-40(28-45(80)81)55(90)76-25-11-16-42(76)53(88)69-36(47(60)82)12-6-7-21-58)74-50(85)38(14-9-23-66-57(63)64)70-49(84)37(13-8-22-65-56(61)62)71-51(86)39(26-31(2)3)72-52(87)41-15-10-24-75(41)44(79)30-67-43(78)29-68-48(83)35(59)27-33-17-19-34(77)20-18-33/h17-20,31-32,35-42,46,77H,5-16,21-30,58-59H2,1-4H3,(H2,60,82)(H,67,78)(H,68,83)(H,69,88)(H,70,84)(H,71,86)(H,72,87)(H,73,89)(H,74,85)(H,80,81)(H4,61,62,65)(H4,63,64,66)/t32-,35-,36-,37-,38-,39-,40-,41-,42-,46-/m0/s1. The molecule has 2 saturated heterocycles. The number of carboxylic acids is 1. The lowest BCUT2D eigenvalue weighted by molar-refractivity contribution is -0.146. The summed E-state index contributed by atoms with van der Waals surface area (Å²) in [5, 5.41) is 40.1. The van der Waals surface area contributed by atoms with E-state index in [0.717, 1.165) is 4.90 Å². The summed E-state index contributed by atoms with van der Waals surface area (Å²) in [5.74, 6) is -11.5. The molecule has 0 aliphatic carbocycles. The third-order valence-corrected chi connectivity index (χ3v) is 15.2. The highest BCUT2D eigenvalue weighted by atomic mass is 16.4. The Morgan fingerprint density at radius 3 is 1.64 bits per heavy atom. The van der Waals surface area contributed by atoms with E-state index in [0.29, 0.717) is 37.8 Å². The van der Waals surface area contributed by atoms with Crippen LogP contribution >= 0.6 is 0 Å². The summed E-state index contributed by atoms with van der Waals surface area (Å²) in [5.41, 5.74) is 40.0. The fourth-order valence-corrected chi connectivity index (χ4v) is 10.2. The Morgan fingerprint density at radius 1 is 0.611 bits per heavy atom. The van der Waals surface area contributed by atoms with E-state index in [1.165, 1.54) is 17.0 Å². The van der Waals surface area contributed by atoms with Gasteiger partial charge in [0, 0.05) is 26.2 Å². The van der Waals surface area contributed by atoms with Gasteiger partial charge in [0.2, 0.25) is 65.0 Å². The van der Waals surface area contributed by atoms with Gasteiger partial charge in [0.1, 0.15) is 54.1 Å². The molecule has 2 aliphatic rings. The minimum Gasteiger partial charge on any atom is -0.508 e. The number of phenols is 1. The minimum absolute atomic E-state index is 0.00151. The molecule has 0 spiro atoms. The molecule has 0 saturated carbocycles. The van der Waals surface area contributed by atoms with Crippen molar-refractivity contribution in [3.8, 4) is 5.75 Å². The van der Waals surface area contributed by atoms with E-state index in [-0.39, 0.29) is 114 Å². The van der Waals surface area contributed by atoms with Crippen LogP contribution in [0, 0.1) is 11.8 Å². The van der Waals surface area contributed by atoms with Crippen molar-refractivity contribution >= 4 is 82.9 Å². The van der Waals surface area contributed by atoms with Crippen LogP contribution in [0.4, 0.5) is 0 Å². The van der Waals surface area contributed by atoms with Crippen LogP contribution in [0.15, 0.2) is 34.3 Å². The number of benzene rings is 1. The van der Waals surface area contributed by atoms with Gasteiger partial charge < -0.3 is 103 Å². The van der Waals surface area contributed by atoms with Gasteiger partial charge in [-0.25, -0.2) is 0 Å². The minimum atomic E-state index is -1.74. The van der Waals surface area contributed by atoms with Crippen LogP contribution in [0.25, 0.3) is 0 Å². The lowest BCUT2D eigenvalue weighted by Gasteiger charge is -2.31. The average molecular weight is 1270 g/mol. The first-order valence-electron chi connectivity index (χ1n) is 30.4. The number of hydrogen-bond acceptors (Lipinski definition) is 17. The third-order valence-electron chi connectivity index (χ3n) is 15.2. The average Bonchev–Trinajstić information content (AvgIpc) is 2.01. The van der Waals surface area contributed by atoms with Crippen molar-refractivity contribution in [3.63, 3.8) is 0 Å². The second-order valence-corrected chi connectivity index (χ2v) is 22.9. The smallest absolute Gasteiger partial charge is 0.305 e. The number of hydrogen-bond donors (Lipinski definition) is 17. The van der Waals surface area contributed by atoms with Crippen molar-refractivity contribution in [3.05, 3.63) is 29.8 Å². The number of unbranched alkanes of at least 4 members (excludes halogenated alkanes) is 1. The Labute approximate surface area is 523 Å². The van der Waals surface area contributed by atoms with Crippen LogP contribution in [-0.4, -0.2) is 203 Å². The van der Waals surface area contributed by atoms with E-state index >= 15 is 0 Å². The number of aromatic hydroxyl groups is 1. The lowest BCUT2D eigenvalue weighted by Crippen LogP contribution is -2.61.